The molecule has 0 spiro atoms. The van der Waals surface area contributed by atoms with Gasteiger partial charge in [0.25, 0.3) is 5.91 Å². The van der Waals surface area contributed by atoms with Gasteiger partial charge in [0.15, 0.2) is 0 Å². The van der Waals surface area contributed by atoms with Crippen LogP contribution in [-0.4, -0.2) is 30.8 Å². The molecule has 3 amide bonds. The summed E-state index contributed by atoms with van der Waals surface area (Å²) in [5.74, 6) is -0.274. The number of nitrogens with zero attached hydrogens (tertiary/aromatic N) is 1. The molecule has 1 aliphatic rings. The van der Waals surface area contributed by atoms with Gasteiger partial charge in [-0.2, -0.15) is 0 Å². The largest absolute Gasteiger partial charge is 0.352 e. The van der Waals surface area contributed by atoms with Gasteiger partial charge in [0.05, 0.1) is 0 Å². The van der Waals surface area contributed by atoms with Gasteiger partial charge >= 0.3 is 0 Å². The van der Waals surface area contributed by atoms with E-state index in [1.165, 1.54) is 0 Å². The van der Waals surface area contributed by atoms with Crippen LogP contribution in [0.3, 0.4) is 0 Å². The Labute approximate surface area is 168 Å². The Bertz CT molecular complexity index is 896. The van der Waals surface area contributed by atoms with Crippen molar-refractivity contribution in [3.8, 4) is 0 Å². The summed E-state index contributed by atoms with van der Waals surface area (Å²) < 4.78 is 0. The lowest BCUT2D eigenvalue weighted by molar-refractivity contribution is -0.117. The number of benzene rings is 2. The third-order valence-corrected chi connectivity index (χ3v) is 4.86. The number of anilines is 2. The molecule has 0 aliphatic carbocycles. The van der Waals surface area contributed by atoms with Gasteiger partial charge in [-0.1, -0.05) is 11.6 Å². The van der Waals surface area contributed by atoms with Crippen molar-refractivity contribution in [2.75, 3.05) is 23.3 Å². The van der Waals surface area contributed by atoms with E-state index < -0.39 is 0 Å². The number of hydrogen-bond acceptors (Lipinski definition) is 3. The first-order valence-electron chi connectivity index (χ1n) is 9.18. The van der Waals surface area contributed by atoms with Crippen molar-refractivity contribution in [1.82, 2.24) is 5.32 Å². The number of nitrogens with one attached hydrogen (secondary N) is 2. The van der Waals surface area contributed by atoms with Crippen molar-refractivity contribution >= 4 is 40.7 Å². The zero-order valence-electron chi connectivity index (χ0n) is 15.6. The summed E-state index contributed by atoms with van der Waals surface area (Å²) in [6.45, 7) is 2.64. The highest BCUT2D eigenvalue weighted by atomic mass is 35.5. The van der Waals surface area contributed by atoms with E-state index >= 15 is 0 Å². The summed E-state index contributed by atoms with van der Waals surface area (Å²) in [7, 11) is 0. The zero-order valence-corrected chi connectivity index (χ0v) is 16.4. The number of fused-ring (bicyclic) bond motifs is 1. The van der Waals surface area contributed by atoms with Gasteiger partial charge in [0.1, 0.15) is 0 Å². The second-order valence-electron chi connectivity index (χ2n) is 6.68. The molecule has 0 radical (unpaired) electrons. The average Bonchev–Trinajstić information content (AvgIpc) is 3.09. The molecule has 28 heavy (non-hydrogen) atoms. The van der Waals surface area contributed by atoms with Gasteiger partial charge in [0.2, 0.25) is 11.8 Å². The Morgan fingerprint density at radius 2 is 1.86 bits per heavy atom. The van der Waals surface area contributed by atoms with Crippen LogP contribution in [0.1, 0.15) is 35.7 Å². The van der Waals surface area contributed by atoms with E-state index in [4.69, 9.17) is 11.6 Å². The van der Waals surface area contributed by atoms with Crippen molar-refractivity contribution in [3.05, 3.63) is 58.6 Å². The van der Waals surface area contributed by atoms with Crippen LogP contribution in [0.5, 0.6) is 0 Å². The fourth-order valence-electron chi connectivity index (χ4n) is 3.18. The molecule has 2 N–H and O–H groups in total. The monoisotopic (exact) mass is 399 g/mol. The Balaban J connectivity index is 1.43. The summed E-state index contributed by atoms with van der Waals surface area (Å²) in [5.41, 5.74) is 3.23. The van der Waals surface area contributed by atoms with E-state index in [0.717, 1.165) is 23.4 Å². The minimum Gasteiger partial charge on any atom is -0.352 e. The molecule has 146 valence electrons. The molecule has 0 saturated heterocycles. The minimum absolute atomic E-state index is 0.0242. The van der Waals surface area contributed by atoms with E-state index in [1.54, 1.807) is 42.2 Å². The number of hydrogen-bond donors (Lipinski definition) is 2. The van der Waals surface area contributed by atoms with Crippen LogP contribution in [0.4, 0.5) is 11.4 Å². The maximum absolute atomic E-state index is 12.1. The van der Waals surface area contributed by atoms with E-state index in [-0.39, 0.29) is 17.7 Å². The lowest BCUT2D eigenvalue weighted by atomic mass is 10.1. The Kier molecular flexibility index (Phi) is 6.31. The Hall–Kier alpha value is -2.86. The highest BCUT2D eigenvalue weighted by Crippen LogP contribution is 2.30. The van der Waals surface area contributed by atoms with Crippen LogP contribution in [-0.2, 0) is 16.0 Å². The topological polar surface area (TPSA) is 78.5 Å². The number of rotatable bonds is 6. The molecular weight excluding hydrogens is 378 g/mol. The molecule has 7 heteroatoms. The van der Waals surface area contributed by atoms with Gasteiger partial charge in [-0.3, -0.25) is 14.4 Å². The van der Waals surface area contributed by atoms with Crippen LogP contribution in [0.2, 0.25) is 5.02 Å². The van der Waals surface area contributed by atoms with E-state index in [9.17, 15) is 14.4 Å². The summed E-state index contributed by atoms with van der Waals surface area (Å²) in [6, 6.07) is 12.2. The predicted molar refractivity (Wildman–Crippen MR) is 110 cm³/mol. The van der Waals surface area contributed by atoms with Gasteiger partial charge in [-0.15, -0.1) is 0 Å². The second-order valence-corrected chi connectivity index (χ2v) is 7.12. The third-order valence-electron chi connectivity index (χ3n) is 4.61. The SMILES string of the molecule is CC(=O)N1CCc2cc(NC(=O)CCCNC(=O)c3ccc(Cl)cc3)ccc21. The quantitative estimate of drug-likeness (QED) is 0.731. The van der Waals surface area contributed by atoms with Crippen LogP contribution in [0, 0.1) is 0 Å². The lowest BCUT2D eigenvalue weighted by Gasteiger charge is -2.15. The standard InChI is InChI=1S/C21H22ClN3O3/c1-14(26)25-12-10-16-13-18(8-9-19(16)25)24-20(27)3-2-11-23-21(28)15-4-6-17(22)7-5-15/h4-9,13H,2-3,10-12H2,1H3,(H,23,28)(H,24,27). The molecule has 0 unspecified atom stereocenters. The summed E-state index contributed by atoms with van der Waals surface area (Å²) in [4.78, 5) is 37.5. The molecule has 0 fully saturated rings. The highest BCUT2D eigenvalue weighted by Gasteiger charge is 2.22. The first kappa shape index (κ1) is 19.9. The van der Waals surface area contributed by atoms with Crippen molar-refractivity contribution in [3.63, 3.8) is 0 Å². The molecule has 2 aromatic rings. The van der Waals surface area contributed by atoms with Crippen LogP contribution in [0.15, 0.2) is 42.5 Å². The molecule has 2 aromatic carbocycles. The minimum atomic E-state index is -0.189. The van der Waals surface area contributed by atoms with Gasteiger partial charge in [0, 0.05) is 48.4 Å². The maximum atomic E-state index is 12.1. The molecule has 0 saturated carbocycles. The number of halogens is 1. The third kappa shape index (κ3) is 4.89. The molecule has 1 heterocycles. The molecule has 6 nitrogen and oxygen atoms in total. The van der Waals surface area contributed by atoms with Gasteiger partial charge in [-0.25, -0.2) is 0 Å². The summed E-state index contributed by atoms with van der Waals surface area (Å²) in [5, 5.41) is 6.24. The predicted octanol–water partition coefficient (Wildman–Crippen LogP) is 3.40. The maximum Gasteiger partial charge on any atom is 0.251 e. The Morgan fingerprint density at radius 3 is 2.57 bits per heavy atom. The van der Waals surface area contributed by atoms with Gasteiger partial charge < -0.3 is 15.5 Å². The van der Waals surface area contributed by atoms with Crippen LogP contribution < -0.4 is 15.5 Å². The first-order chi connectivity index (χ1) is 13.4. The summed E-state index contributed by atoms with van der Waals surface area (Å²) in [6.07, 6.45) is 1.63. The second kappa shape index (κ2) is 8.89. The zero-order chi connectivity index (χ0) is 20.1. The molecule has 0 bridgehead atoms. The van der Waals surface area contributed by atoms with Crippen molar-refractivity contribution in [2.24, 2.45) is 0 Å². The molecule has 3 rings (SSSR count). The molecule has 0 aromatic heterocycles. The van der Waals surface area contributed by atoms with Gasteiger partial charge in [-0.05, 0) is 60.9 Å². The normalized spacial score (nSPS) is 12.4. The van der Waals surface area contributed by atoms with E-state index in [2.05, 4.69) is 10.6 Å². The van der Waals surface area contributed by atoms with Crippen molar-refractivity contribution < 1.29 is 14.4 Å². The number of amides is 3. The molecule has 1 aliphatic heterocycles. The van der Waals surface area contributed by atoms with Crippen molar-refractivity contribution in [1.29, 1.82) is 0 Å². The number of carbonyl (C=O) groups excluding carboxylic acids is 3. The lowest BCUT2D eigenvalue weighted by Crippen LogP contribution is -2.25. The molecular formula is C21H22ClN3O3. The van der Waals surface area contributed by atoms with E-state index in [0.29, 0.717) is 36.5 Å². The van der Waals surface area contributed by atoms with E-state index in [1.807, 2.05) is 12.1 Å². The average molecular weight is 400 g/mol. The number of carbonyl (C=O) groups is 3. The smallest absolute Gasteiger partial charge is 0.251 e. The fourth-order valence-corrected chi connectivity index (χ4v) is 3.31. The van der Waals surface area contributed by atoms with Crippen LogP contribution >= 0.6 is 11.6 Å². The van der Waals surface area contributed by atoms with Crippen LogP contribution in [0.25, 0.3) is 0 Å². The van der Waals surface area contributed by atoms with Crippen molar-refractivity contribution in [2.45, 2.75) is 26.2 Å². The Morgan fingerprint density at radius 1 is 1.11 bits per heavy atom. The first-order valence-corrected chi connectivity index (χ1v) is 9.56. The molecule has 0 atom stereocenters. The summed E-state index contributed by atoms with van der Waals surface area (Å²) >= 11 is 5.80. The fraction of sp³-hybridized carbons (Fsp3) is 0.286. The highest BCUT2D eigenvalue weighted by molar-refractivity contribution is 6.30.